The van der Waals surface area contributed by atoms with E-state index in [0.717, 1.165) is 40.8 Å². The highest BCUT2D eigenvalue weighted by Gasteiger charge is 2.41. The summed E-state index contributed by atoms with van der Waals surface area (Å²) in [4.78, 5) is 0. The quantitative estimate of drug-likeness (QED) is 0.0702. The van der Waals surface area contributed by atoms with Crippen LogP contribution in [-0.2, 0) is 5.41 Å². The second kappa shape index (κ2) is 20.7. The number of hydrogen-bond donors (Lipinski definition) is 2. The summed E-state index contributed by atoms with van der Waals surface area (Å²) in [5.41, 5.74) is 16.1. The predicted molar refractivity (Wildman–Crippen MR) is 229 cm³/mol. The third-order valence-corrected chi connectivity index (χ3v) is 12.9. The van der Waals surface area contributed by atoms with Crippen molar-refractivity contribution in [3.8, 4) is 23.0 Å². The lowest BCUT2D eigenvalue weighted by atomic mass is 9.60. The zero-order chi connectivity index (χ0) is 37.4. The highest BCUT2D eigenvalue weighted by molar-refractivity contribution is 5.48. The Hall–Kier alpha value is -3.92. The van der Waals surface area contributed by atoms with Gasteiger partial charge in [0.25, 0.3) is 0 Å². The number of benzene rings is 4. The lowest BCUT2D eigenvalue weighted by molar-refractivity contribution is 0.140. The van der Waals surface area contributed by atoms with Gasteiger partial charge in [-0.05, 0) is 116 Å². The molecule has 0 radical (unpaired) electrons. The average Bonchev–Trinajstić information content (AvgIpc) is 3.19. The number of anilines is 2. The summed E-state index contributed by atoms with van der Waals surface area (Å²) in [6.45, 7) is 2.30. The van der Waals surface area contributed by atoms with Gasteiger partial charge in [-0.2, -0.15) is 0 Å². The normalized spacial score (nSPS) is 18.7. The van der Waals surface area contributed by atoms with E-state index in [0.29, 0.717) is 11.4 Å². The summed E-state index contributed by atoms with van der Waals surface area (Å²) in [6, 6.07) is 32.9. The molecule has 4 aromatic carbocycles. The molecule has 0 unspecified atom stereocenters. The van der Waals surface area contributed by atoms with Gasteiger partial charge in [-0.25, -0.2) is 0 Å². The maximum absolute atomic E-state index is 6.19. The van der Waals surface area contributed by atoms with Gasteiger partial charge in [0.05, 0.1) is 0 Å². The number of nitrogen functional groups attached to an aromatic ring is 2. The molecular formula is C50H68N2O2. The maximum Gasteiger partial charge on any atom is 0.129 e. The van der Waals surface area contributed by atoms with Gasteiger partial charge in [0.1, 0.15) is 23.0 Å². The van der Waals surface area contributed by atoms with Gasteiger partial charge >= 0.3 is 0 Å². The van der Waals surface area contributed by atoms with E-state index in [1.54, 1.807) is 0 Å². The number of ether oxygens (including phenoxy) is 2. The van der Waals surface area contributed by atoms with Crippen molar-refractivity contribution >= 4 is 11.4 Å². The van der Waals surface area contributed by atoms with Crippen LogP contribution in [0.25, 0.3) is 0 Å². The van der Waals surface area contributed by atoms with Crippen molar-refractivity contribution in [3.63, 3.8) is 0 Å². The first-order valence-electron chi connectivity index (χ1n) is 21.8. The predicted octanol–water partition coefficient (Wildman–Crippen LogP) is 14.8. The first-order chi connectivity index (χ1) is 26.5. The number of unbranched alkanes of at least 4 members (excludes halogenated alkanes) is 11. The van der Waals surface area contributed by atoms with Crippen molar-refractivity contribution in [2.75, 3.05) is 11.5 Å². The standard InChI is InChI=1S/C50H68N2O2/c1-2-3-4-5-6-7-8-9-10-11-12-13-16-39-21-23-40(24-22-39)41-33-35-50(36-34-41,42-25-29-46(30-26-42)53-48-19-14-17-44(51)37-48)43-27-31-47(32-28-43)54-49-20-15-18-45(52)38-49/h14-15,17-20,25-32,37-41H,2-13,16,21-24,33-36,51-52H2,1H3/t39-,40+. The summed E-state index contributed by atoms with van der Waals surface area (Å²) in [5, 5.41) is 0. The molecule has 2 aliphatic rings. The van der Waals surface area contributed by atoms with Crippen LogP contribution in [0.15, 0.2) is 97.1 Å². The van der Waals surface area contributed by atoms with Gasteiger partial charge < -0.3 is 20.9 Å². The van der Waals surface area contributed by atoms with E-state index in [4.69, 9.17) is 20.9 Å². The third kappa shape index (κ3) is 11.5. The summed E-state index contributed by atoms with van der Waals surface area (Å²) in [5.74, 6) is 5.88. The second-order valence-corrected chi connectivity index (χ2v) is 16.8. The molecule has 0 spiro atoms. The highest BCUT2D eigenvalue weighted by Crippen LogP contribution is 2.51. The Labute approximate surface area is 327 Å². The van der Waals surface area contributed by atoms with Crippen molar-refractivity contribution in [2.45, 2.75) is 147 Å². The lowest BCUT2D eigenvalue weighted by Crippen LogP contribution is -2.35. The summed E-state index contributed by atoms with van der Waals surface area (Å²) in [6.07, 6.45) is 29.4. The maximum atomic E-state index is 6.19. The number of nitrogens with two attached hydrogens (primary N) is 2. The van der Waals surface area contributed by atoms with Crippen molar-refractivity contribution in [2.24, 2.45) is 17.8 Å². The molecule has 0 aliphatic heterocycles. The second-order valence-electron chi connectivity index (χ2n) is 16.8. The molecule has 0 bridgehead atoms. The van der Waals surface area contributed by atoms with Crippen LogP contribution >= 0.6 is 0 Å². The van der Waals surface area contributed by atoms with Crippen LogP contribution in [-0.4, -0.2) is 0 Å². The van der Waals surface area contributed by atoms with Crippen LogP contribution in [0.3, 0.4) is 0 Å². The molecule has 0 saturated heterocycles. The Bertz CT molecular complexity index is 1560. The molecule has 4 N–H and O–H groups in total. The SMILES string of the molecule is CCCCCCCCCCCCCC[C@H]1CC[C@@H](C2CCC(c3ccc(Oc4cccc(N)c4)cc3)(c3ccc(Oc4cccc(N)c4)cc3)CC2)CC1. The molecule has 2 aliphatic carbocycles. The summed E-state index contributed by atoms with van der Waals surface area (Å²) >= 11 is 0. The highest BCUT2D eigenvalue weighted by atomic mass is 16.5. The fourth-order valence-electron chi connectivity index (χ4n) is 9.68. The van der Waals surface area contributed by atoms with Gasteiger partial charge in [0, 0.05) is 28.9 Å². The van der Waals surface area contributed by atoms with Crippen LogP contribution in [0.1, 0.15) is 153 Å². The van der Waals surface area contributed by atoms with Gasteiger partial charge in [-0.1, -0.05) is 140 Å². The van der Waals surface area contributed by atoms with Gasteiger partial charge in [0.15, 0.2) is 0 Å². The monoisotopic (exact) mass is 729 g/mol. The Morgan fingerprint density at radius 3 is 1.35 bits per heavy atom. The van der Waals surface area contributed by atoms with E-state index in [-0.39, 0.29) is 5.41 Å². The molecule has 4 nitrogen and oxygen atoms in total. The Kier molecular flexibility index (Phi) is 15.2. The fraction of sp³-hybridized carbons (Fsp3) is 0.520. The molecule has 2 saturated carbocycles. The summed E-state index contributed by atoms with van der Waals surface area (Å²) < 4.78 is 12.4. The van der Waals surface area contributed by atoms with E-state index < -0.39 is 0 Å². The van der Waals surface area contributed by atoms with Crippen molar-refractivity contribution in [1.29, 1.82) is 0 Å². The first-order valence-corrected chi connectivity index (χ1v) is 21.8. The molecule has 0 aromatic heterocycles. The van der Waals surface area contributed by atoms with Gasteiger partial charge in [-0.3, -0.25) is 0 Å². The molecule has 2 fully saturated rings. The van der Waals surface area contributed by atoms with Crippen LogP contribution < -0.4 is 20.9 Å². The van der Waals surface area contributed by atoms with Crippen LogP contribution in [0.4, 0.5) is 11.4 Å². The molecule has 6 rings (SSSR count). The van der Waals surface area contributed by atoms with Crippen molar-refractivity contribution in [1.82, 2.24) is 0 Å². The molecule has 0 amide bonds. The third-order valence-electron chi connectivity index (χ3n) is 12.9. The minimum atomic E-state index is -0.0340. The van der Waals surface area contributed by atoms with E-state index in [1.165, 1.54) is 146 Å². The molecular weight excluding hydrogens is 661 g/mol. The van der Waals surface area contributed by atoms with Gasteiger partial charge in [-0.15, -0.1) is 0 Å². The van der Waals surface area contributed by atoms with E-state index >= 15 is 0 Å². The Balaban J connectivity index is 1.01. The van der Waals surface area contributed by atoms with Crippen LogP contribution in [0, 0.1) is 17.8 Å². The van der Waals surface area contributed by atoms with Crippen LogP contribution in [0.2, 0.25) is 0 Å². The first kappa shape index (κ1) is 39.8. The van der Waals surface area contributed by atoms with E-state index in [9.17, 15) is 0 Å². The average molecular weight is 729 g/mol. The fourth-order valence-corrected chi connectivity index (χ4v) is 9.68. The van der Waals surface area contributed by atoms with E-state index in [1.807, 2.05) is 48.5 Å². The summed E-state index contributed by atoms with van der Waals surface area (Å²) in [7, 11) is 0. The molecule has 0 atom stereocenters. The Morgan fingerprint density at radius 2 is 0.907 bits per heavy atom. The molecule has 0 heterocycles. The molecule has 54 heavy (non-hydrogen) atoms. The van der Waals surface area contributed by atoms with Crippen molar-refractivity contribution in [3.05, 3.63) is 108 Å². The van der Waals surface area contributed by atoms with Gasteiger partial charge in [0.2, 0.25) is 0 Å². The smallest absolute Gasteiger partial charge is 0.129 e. The van der Waals surface area contributed by atoms with Crippen LogP contribution in [0.5, 0.6) is 23.0 Å². The minimum Gasteiger partial charge on any atom is -0.457 e. The number of hydrogen-bond acceptors (Lipinski definition) is 4. The largest absolute Gasteiger partial charge is 0.457 e. The molecule has 290 valence electrons. The Morgan fingerprint density at radius 1 is 0.481 bits per heavy atom. The lowest BCUT2D eigenvalue weighted by Gasteiger charge is -2.44. The molecule has 4 heteroatoms. The van der Waals surface area contributed by atoms with E-state index in [2.05, 4.69) is 55.5 Å². The molecule has 4 aromatic rings. The topological polar surface area (TPSA) is 70.5 Å². The zero-order valence-corrected chi connectivity index (χ0v) is 33.3. The minimum absolute atomic E-state index is 0.0340. The zero-order valence-electron chi connectivity index (χ0n) is 33.3. The van der Waals surface area contributed by atoms with Crippen molar-refractivity contribution < 1.29 is 9.47 Å². The number of rotatable bonds is 20.